The van der Waals surface area contributed by atoms with E-state index in [1.165, 1.54) is 0 Å². The monoisotopic (exact) mass is 132 g/mol. The predicted molar refractivity (Wildman–Crippen MR) is 38.0 cm³/mol. The molecule has 0 amide bonds. The molecule has 0 aromatic carbocycles. The molecule has 0 radical (unpaired) electrons. The summed E-state index contributed by atoms with van der Waals surface area (Å²) in [6.45, 7) is 5.36. The van der Waals surface area contributed by atoms with Gasteiger partial charge in [-0.25, -0.2) is 0 Å². The summed E-state index contributed by atoms with van der Waals surface area (Å²) in [5.41, 5.74) is 0. The number of piperazine rings is 1. The number of hydrogen-bond donors (Lipinski definition) is 2. The second-order valence-electron chi connectivity index (χ2n) is 2.27. The van der Waals surface area contributed by atoms with Crippen LogP contribution in [0.3, 0.4) is 0 Å². The first-order valence-corrected chi connectivity index (χ1v) is 3.36. The number of nitrogens with zero attached hydrogens (tertiary/aromatic N) is 1. The average molecular weight is 132 g/mol. The van der Waals surface area contributed by atoms with Gasteiger partial charge >= 0.3 is 0 Å². The van der Waals surface area contributed by atoms with E-state index in [1.54, 1.807) is 0 Å². The van der Waals surface area contributed by atoms with Crippen molar-refractivity contribution in [3.05, 3.63) is 0 Å². The fourth-order valence-corrected chi connectivity index (χ4v) is 1.26. The van der Waals surface area contributed by atoms with E-state index in [-0.39, 0.29) is 0 Å². The molecule has 3 heteroatoms. The molecule has 0 aromatic rings. The maximum Gasteiger partial charge on any atom is 0.0239 e. The lowest BCUT2D eigenvalue weighted by atomic mass is 10.3. The summed E-state index contributed by atoms with van der Waals surface area (Å²) in [6.07, 6.45) is 0. The third-order valence-electron chi connectivity index (χ3n) is 1.35. The maximum atomic E-state index is 4.21. The molecule has 1 aliphatic heterocycles. The van der Waals surface area contributed by atoms with E-state index in [1.807, 2.05) is 4.31 Å². The van der Waals surface area contributed by atoms with Crippen LogP contribution in [0.5, 0.6) is 0 Å². The van der Waals surface area contributed by atoms with Gasteiger partial charge in [-0.2, -0.15) is 0 Å². The second-order valence-corrected chi connectivity index (χ2v) is 2.83. The van der Waals surface area contributed by atoms with Gasteiger partial charge in [-0.1, -0.05) is 12.8 Å². The molecule has 1 N–H and O–H groups in total. The molecule has 8 heavy (non-hydrogen) atoms. The molecular weight excluding hydrogens is 120 g/mol. The third-order valence-corrected chi connectivity index (χ3v) is 1.71. The molecule has 0 unspecified atom stereocenters. The van der Waals surface area contributed by atoms with E-state index < -0.39 is 0 Å². The van der Waals surface area contributed by atoms with E-state index in [2.05, 4.69) is 25.1 Å². The molecule has 1 rings (SSSR count). The van der Waals surface area contributed by atoms with Gasteiger partial charge in [0.2, 0.25) is 0 Å². The first-order chi connectivity index (χ1) is 3.79. The zero-order valence-corrected chi connectivity index (χ0v) is 5.99. The van der Waals surface area contributed by atoms with Gasteiger partial charge in [0.05, 0.1) is 0 Å². The van der Waals surface area contributed by atoms with Crippen molar-refractivity contribution < 1.29 is 0 Å². The van der Waals surface area contributed by atoms with Crippen molar-refractivity contribution in [1.29, 1.82) is 0 Å². The van der Waals surface area contributed by atoms with E-state index in [0.717, 1.165) is 19.6 Å². The molecule has 0 saturated carbocycles. The van der Waals surface area contributed by atoms with Gasteiger partial charge in [-0.3, -0.25) is 4.31 Å². The predicted octanol–water partition coefficient (Wildman–Crippen LogP) is 0.125. The van der Waals surface area contributed by atoms with Gasteiger partial charge in [0, 0.05) is 25.7 Å². The van der Waals surface area contributed by atoms with Gasteiger partial charge in [0.15, 0.2) is 0 Å². The Balaban J connectivity index is 2.23. The standard InChI is InChI=1S/C5H12N2S/c1-5-4-7(8)3-2-6-5/h5-6,8H,2-4H2,1H3/t5-/m1/s1. The van der Waals surface area contributed by atoms with Crippen LogP contribution in [-0.2, 0) is 0 Å². The molecule has 1 atom stereocenters. The Labute approximate surface area is 55.8 Å². The molecule has 0 aliphatic carbocycles. The van der Waals surface area contributed by atoms with E-state index in [4.69, 9.17) is 0 Å². The molecule has 1 fully saturated rings. The largest absolute Gasteiger partial charge is 0.312 e. The van der Waals surface area contributed by atoms with Crippen LogP contribution in [0, 0.1) is 0 Å². The van der Waals surface area contributed by atoms with Gasteiger partial charge in [-0.05, 0) is 6.92 Å². The summed E-state index contributed by atoms with van der Waals surface area (Å²) < 4.78 is 2.04. The minimum Gasteiger partial charge on any atom is -0.312 e. The Morgan fingerprint density at radius 3 is 2.88 bits per heavy atom. The lowest BCUT2D eigenvalue weighted by molar-refractivity contribution is 0.338. The van der Waals surface area contributed by atoms with Crippen LogP contribution in [0.1, 0.15) is 6.92 Å². The van der Waals surface area contributed by atoms with Gasteiger partial charge in [-0.15, -0.1) is 0 Å². The van der Waals surface area contributed by atoms with Crippen molar-refractivity contribution in [2.75, 3.05) is 19.6 Å². The van der Waals surface area contributed by atoms with Crippen molar-refractivity contribution in [1.82, 2.24) is 9.62 Å². The molecule has 1 aliphatic rings. The number of rotatable bonds is 0. The minimum absolute atomic E-state index is 0.612. The molecule has 0 aromatic heterocycles. The van der Waals surface area contributed by atoms with Crippen molar-refractivity contribution in [3.63, 3.8) is 0 Å². The smallest absolute Gasteiger partial charge is 0.0239 e. The lowest BCUT2D eigenvalue weighted by Gasteiger charge is -2.26. The van der Waals surface area contributed by atoms with Crippen molar-refractivity contribution >= 4 is 12.8 Å². The first-order valence-electron chi connectivity index (χ1n) is 2.96. The molecule has 1 heterocycles. The zero-order valence-electron chi connectivity index (χ0n) is 5.09. The molecule has 0 spiro atoms. The highest BCUT2D eigenvalue weighted by atomic mass is 32.1. The van der Waals surface area contributed by atoms with E-state index in [0.29, 0.717) is 6.04 Å². The maximum absolute atomic E-state index is 4.21. The van der Waals surface area contributed by atoms with E-state index in [9.17, 15) is 0 Å². The minimum atomic E-state index is 0.612. The van der Waals surface area contributed by atoms with Gasteiger partial charge in [0.1, 0.15) is 0 Å². The van der Waals surface area contributed by atoms with Crippen LogP contribution >= 0.6 is 12.8 Å². The average Bonchev–Trinajstić information content (AvgIpc) is 1.64. The summed E-state index contributed by atoms with van der Waals surface area (Å²) in [5.74, 6) is 0. The van der Waals surface area contributed by atoms with Crippen LogP contribution < -0.4 is 5.32 Å². The van der Waals surface area contributed by atoms with Crippen molar-refractivity contribution in [2.24, 2.45) is 0 Å². The number of nitrogens with one attached hydrogen (secondary N) is 1. The second kappa shape index (κ2) is 2.71. The summed E-state index contributed by atoms with van der Waals surface area (Å²) in [5, 5.41) is 3.32. The van der Waals surface area contributed by atoms with Crippen molar-refractivity contribution in [2.45, 2.75) is 13.0 Å². The first kappa shape index (κ1) is 6.39. The highest BCUT2D eigenvalue weighted by molar-refractivity contribution is 7.77. The molecule has 1 saturated heterocycles. The topological polar surface area (TPSA) is 15.3 Å². The Morgan fingerprint density at radius 1 is 1.75 bits per heavy atom. The molecule has 48 valence electrons. The zero-order chi connectivity index (χ0) is 5.98. The van der Waals surface area contributed by atoms with E-state index >= 15 is 0 Å². The summed E-state index contributed by atoms with van der Waals surface area (Å²) in [4.78, 5) is 0. The SMILES string of the molecule is C[C@@H]1CN(S)CCN1. The van der Waals surface area contributed by atoms with Crippen LogP contribution in [0.4, 0.5) is 0 Å². The summed E-state index contributed by atoms with van der Waals surface area (Å²) in [6, 6.07) is 0.612. The quantitative estimate of drug-likeness (QED) is 0.455. The number of thiol groups is 1. The highest BCUT2D eigenvalue weighted by Crippen LogP contribution is 1.99. The Morgan fingerprint density at radius 2 is 2.50 bits per heavy atom. The summed E-state index contributed by atoms with van der Waals surface area (Å²) in [7, 11) is 0. The normalized spacial score (nSPS) is 33.0. The Kier molecular flexibility index (Phi) is 2.16. The highest BCUT2D eigenvalue weighted by Gasteiger charge is 2.10. The fourth-order valence-electron chi connectivity index (χ4n) is 0.912. The molecule has 0 bridgehead atoms. The van der Waals surface area contributed by atoms with Gasteiger partial charge < -0.3 is 5.32 Å². The van der Waals surface area contributed by atoms with Crippen LogP contribution in [0.2, 0.25) is 0 Å². The summed E-state index contributed by atoms with van der Waals surface area (Å²) >= 11 is 4.21. The van der Waals surface area contributed by atoms with Crippen LogP contribution in [0.15, 0.2) is 0 Å². The Bertz CT molecular complexity index is 68.8. The molecular formula is C5H12N2S. The third kappa shape index (κ3) is 1.65. The number of hydrogen-bond acceptors (Lipinski definition) is 3. The van der Waals surface area contributed by atoms with Crippen molar-refractivity contribution in [3.8, 4) is 0 Å². The lowest BCUT2D eigenvalue weighted by Crippen LogP contribution is -2.45. The molecule has 2 nitrogen and oxygen atoms in total. The van der Waals surface area contributed by atoms with Crippen LogP contribution in [-0.4, -0.2) is 30.0 Å². The van der Waals surface area contributed by atoms with Gasteiger partial charge in [0.25, 0.3) is 0 Å². The fraction of sp³-hybridized carbons (Fsp3) is 1.00. The Hall–Kier alpha value is 0.270. The van der Waals surface area contributed by atoms with Crippen LogP contribution in [0.25, 0.3) is 0 Å².